The normalized spacial score (nSPS) is 20.5. The summed E-state index contributed by atoms with van der Waals surface area (Å²) in [6, 6.07) is 6.56. The number of sulfonamides is 1. The monoisotopic (exact) mass is 408 g/mol. The first-order valence-electron chi connectivity index (χ1n) is 10.5. The van der Waals surface area contributed by atoms with Gasteiger partial charge in [0.05, 0.1) is 4.90 Å². The van der Waals surface area contributed by atoms with Crippen molar-refractivity contribution in [1.29, 1.82) is 0 Å². The molecule has 1 aromatic carbocycles. The van der Waals surface area contributed by atoms with Gasteiger partial charge < -0.3 is 10.1 Å². The molecule has 156 valence electrons. The fourth-order valence-electron chi connectivity index (χ4n) is 4.03. The largest absolute Gasteiger partial charge is 0.481 e. The van der Waals surface area contributed by atoms with Crippen LogP contribution in [0.3, 0.4) is 0 Å². The van der Waals surface area contributed by atoms with Gasteiger partial charge in [0.2, 0.25) is 10.0 Å². The summed E-state index contributed by atoms with van der Waals surface area (Å²) in [7, 11) is -3.53. The molecule has 0 radical (unpaired) electrons. The number of carbonyl (C=O) groups is 1. The van der Waals surface area contributed by atoms with E-state index in [9.17, 15) is 13.2 Å². The highest BCUT2D eigenvalue weighted by atomic mass is 32.2. The van der Waals surface area contributed by atoms with E-state index in [-0.39, 0.29) is 22.9 Å². The van der Waals surface area contributed by atoms with Crippen molar-refractivity contribution in [2.24, 2.45) is 0 Å². The van der Waals surface area contributed by atoms with Gasteiger partial charge in [-0.3, -0.25) is 4.79 Å². The second kappa shape index (κ2) is 9.74. The lowest BCUT2D eigenvalue weighted by Gasteiger charge is -2.24. The van der Waals surface area contributed by atoms with Gasteiger partial charge in [-0.15, -0.1) is 0 Å². The summed E-state index contributed by atoms with van der Waals surface area (Å²) in [5, 5.41) is 3.05. The van der Waals surface area contributed by atoms with Gasteiger partial charge in [0.1, 0.15) is 5.75 Å². The lowest BCUT2D eigenvalue weighted by molar-refractivity contribution is -0.128. The maximum absolute atomic E-state index is 12.5. The van der Waals surface area contributed by atoms with Crippen LogP contribution in [0, 0.1) is 0 Å². The van der Waals surface area contributed by atoms with E-state index in [4.69, 9.17) is 4.74 Å². The van der Waals surface area contributed by atoms with Crippen molar-refractivity contribution in [2.75, 3.05) is 0 Å². The smallest absolute Gasteiger partial charge is 0.260 e. The molecule has 3 rings (SSSR count). The summed E-state index contributed by atoms with van der Waals surface area (Å²) in [6.45, 7) is 1.72. The van der Waals surface area contributed by atoms with Gasteiger partial charge in [0.25, 0.3) is 5.91 Å². The molecule has 0 aromatic heterocycles. The number of nitrogens with one attached hydrogen (secondary N) is 2. The van der Waals surface area contributed by atoms with Crippen LogP contribution in [0.15, 0.2) is 29.2 Å². The number of benzene rings is 1. The van der Waals surface area contributed by atoms with Crippen LogP contribution < -0.4 is 14.8 Å². The molecule has 1 aromatic rings. The average Bonchev–Trinajstić information content (AvgIpc) is 2.69. The standard InChI is InChI=1S/C21H32N2O4S/c1-16(21(24)22-17-8-4-2-5-9-17)27-19-12-14-20(15-13-19)28(25,26)23-18-10-6-3-7-11-18/h12-18,23H,2-11H2,1H3,(H,22,24)/t16-/m0/s1. The lowest BCUT2D eigenvalue weighted by Crippen LogP contribution is -2.43. The van der Waals surface area contributed by atoms with E-state index >= 15 is 0 Å². The number of hydrogen-bond donors (Lipinski definition) is 2. The van der Waals surface area contributed by atoms with Gasteiger partial charge in [0.15, 0.2) is 6.10 Å². The van der Waals surface area contributed by atoms with Gasteiger partial charge in [-0.2, -0.15) is 0 Å². The van der Waals surface area contributed by atoms with Crippen LogP contribution in [0.2, 0.25) is 0 Å². The summed E-state index contributed by atoms with van der Waals surface area (Å²) in [5.74, 6) is 0.366. The van der Waals surface area contributed by atoms with E-state index in [0.29, 0.717) is 5.75 Å². The van der Waals surface area contributed by atoms with Gasteiger partial charge in [-0.05, 0) is 56.9 Å². The Hall–Kier alpha value is -1.60. The Balaban J connectivity index is 1.53. The Morgan fingerprint density at radius 3 is 2.04 bits per heavy atom. The molecule has 0 aliphatic heterocycles. The summed E-state index contributed by atoms with van der Waals surface area (Å²) >= 11 is 0. The van der Waals surface area contributed by atoms with Gasteiger partial charge in [-0.25, -0.2) is 13.1 Å². The first-order chi connectivity index (χ1) is 13.4. The molecular weight excluding hydrogens is 376 g/mol. The quantitative estimate of drug-likeness (QED) is 0.723. The third-order valence-corrected chi connectivity index (χ3v) is 7.23. The third kappa shape index (κ3) is 5.95. The number of hydrogen-bond acceptors (Lipinski definition) is 4. The molecule has 7 heteroatoms. The molecule has 0 spiro atoms. The van der Waals surface area contributed by atoms with Crippen LogP contribution in [0.4, 0.5) is 0 Å². The van der Waals surface area contributed by atoms with Gasteiger partial charge in [-0.1, -0.05) is 38.5 Å². The molecule has 6 nitrogen and oxygen atoms in total. The Labute approximate surface area is 168 Å². The van der Waals surface area contributed by atoms with Crippen LogP contribution in [0.1, 0.15) is 71.1 Å². The van der Waals surface area contributed by atoms with Gasteiger partial charge >= 0.3 is 0 Å². The molecule has 1 atom stereocenters. The summed E-state index contributed by atoms with van der Waals surface area (Å²) in [6.07, 6.45) is 10.1. The minimum absolute atomic E-state index is 0.0261. The minimum Gasteiger partial charge on any atom is -0.481 e. The van der Waals surface area contributed by atoms with Crippen molar-refractivity contribution < 1.29 is 17.9 Å². The fourth-order valence-corrected chi connectivity index (χ4v) is 5.33. The second-order valence-electron chi connectivity index (χ2n) is 8.03. The van der Waals surface area contributed by atoms with Crippen LogP contribution in [-0.4, -0.2) is 32.5 Å². The van der Waals surface area contributed by atoms with E-state index in [1.807, 2.05) is 0 Å². The molecule has 28 heavy (non-hydrogen) atoms. The van der Waals surface area contributed by atoms with E-state index in [1.165, 1.54) is 25.0 Å². The highest BCUT2D eigenvalue weighted by Gasteiger charge is 2.23. The Kier molecular flexibility index (Phi) is 7.35. The molecule has 0 bridgehead atoms. The van der Waals surface area contributed by atoms with Crippen molar-refractivity contribution in [1.82, 2.24) is 10.0 Å². The number of amides is 1. The van der Waals surface area contributed by atoms with E-state index in [0.717, 1.165) is 51.4 Å². The highest BCUT2D eigenvalue weighted by Crippen LogP contribution is 2.22. The Morgan fingerprint density at radius 2 is 1.46 bits per heavy atom. The molecule has 1 amide bonds. The van der Waals surface area contributed by atoms with Crippen molar-refractivity contribution in [3.8, 4) is 5.75 Å². The lowest BCUT2D eigenvalue weighted by atomic mass is 9.95. The summed E-state index contributed by atoms with van der Waals surface area (Å²) < 4.78 is 33.6. The second-order valence-corrected chi connectivity index (χ2v) is 9.75. The number of ether oxygens (including phenoxy) is 1. The van der Waals surface area contributed by atoms with Gasteiger partial charge in [0, 0.05) is 12.1 Å². The molecular formula is C21H32N2O4S. The fraction of sp³-hybridized carbons (Fsp3) is 0.667. The van der Waals surface area contributed by atoms with Crippen LogP contribution in [0.5, 0.6) is 5.75 Å². The first kappa shape index (κ1) is 21.1. The number of carbonyl (C=O) groups excluding carboxylic acids is 1. The van der Waals surface area contributed by atoms with E-state index < -0.39 is 16.1 Å². The van der Waals surface area contributed by atoms with E-state index in [1.54, 1.807) is 19.1 Å². The van der Waals surface area contributed by atoms with Crippen molar-refractivity contribution in [2.45, 2.75) is 94.2 Å². The first-order valence-corrected chi connectivity index (χ1v) is 12.0. The van der Waals surface area contributed by atoms with Crippen LogP contribution >= 0.6 is 0 Å². The minimum atomic E-state index is -3.53. The molecule has 0 unspecified atom stereocenters. The average molecular weight is 409 g/mol. The zero-order valence-corrected chi connectivity index (χ0v) is 17.5. The molecule has 2 fully saturated rings. The maximum atomic E-state index is 12.5. The molecule has 2 saturated carbocycles. The summed E-state index contributed by atoms with van der Waals surface area (Å²) in [4.78, 5) is 12.5. The maximum Gasteiger partial charge on any atom is 0.260 e. The predicted molar refractivity (Wildman–Crippen MR) is 109 cm³/mol. The highest BCUT2D eigenvalue weighted by molar-refractivity contribution is 7.89. The molecule has 2 aliphatic carbocycles. The topological polar surface area (TPSA) is 84.5 Å². The molecule has 2 aliphatic rings. The van der Waals surface area contributed by atoms with Crippen molar-refractivity contribution >= 4 is 15.9 Å². The summed E-state index contributed by atoms with van der Waals surface area (Å²) in [5.41, 5.74) is 0. The SMILES string of the molecule is C[C@H](Oc1ccc(S(=O)(=O)NC2CCCCC2)cc1)C(=O)NC1CCCCC1. The van der Waals surface area contributed by atoms with Crippen molar-refractivity contribution in [3.63, 3.8) is 0 Å². The Morgan fingerprint density at radius 1 is 0.929 bits per heavy atom. The number of rotatable bonds is 7. The van der Waals surface area contributed by atoms with Crippen LogP contribution in [0.25, 0.3) is 0 Å². The predicted octanol–water partition coefficient (Wildman–Crippen LogP) is 3.51. The van der Waals surface area contributed by atoms with Crippen LogP contribution in [-0.2, 0) is 14.8 Å². The molecule has 0 saturated heterocycles. The zero-order chi connectivity index (χ0) is 20.0. The Bertz CT molecular complexity index is 736. The zero-order valence-electron chi connectivity index (χ0n) is 16.7. The molecule has 0 heterocycles. The molecule has 2 N–H and O–H groups in total. The van der Waals surface area contributed by atoms with Crippen molar-refractivity contribution in [3.05, 3.63) is 24.3 Å². The third-order valence-electron chi connectivity index (χ3n) is 5.69. The van der Waals surface area contributed by atoms with E-state index in [2.05, 4.69) is 10.0 Å².